The van der Waals surface area contributed by atoms with Gasteiger partial charge in [-0.05, 0) is 37.6 Å². The van der Waals surface area contributed by atoms with Gasteiger partial charge in [0.2, 0.25) is 5.91 Å². The van der Waals surface area contributed by atoms with E-state index in [-0.39, 0.29) is 5.78 Å². The predicted molar refractivity (Wildman–Crippen MR) is 71.4 cm³/mol. The molecule has 5 nitrogen and oxygen atoms in total. The second-order valence-corrected chi connectivity index (χ2v) is 4.69. The molecule has 1 aliphatic rings. The molecule has 6 heteroatoms. The number of benzene rings is 1. The van der Waals surface area contributed by atoms with Crippen molar-refractivity contribution < 1.29 is 14.4 Å². The van der Waals surface area contributed by atoms with E-state index in [4.69, 9.17) is 11.6 Å². The van der Waals surface area contributed by atoms with Crippen molar-refractivity contribution in [2.45, 2.75) is 19.8 Å². The average Bonchev–Trinajstić information content (AvgIpc) is 2.60. The quantitative estimate of drug-likeness (QED) is 0.844. The number of nitrogens with zero attached hydrogens (tertiary/aromatic N) is 1. The zero-order valence-electron chi connectivity index (χ0n) is 10.6. The van der Waals surface area contributed by atoms with Gasteiger partial charge in [-0.3, -0.25) is 9.59 Å². The van der Waals surface area contributed by atoms with Crippen molar-refractivity contribution in [3.05, 3.63) is 28.8 Å². The summed E-state index contributed by atoms with van der Waals surface area (Å²) in [7, 11) is 0. The number of Topliss-reactive ketones (excluding diaryl/α,β-unsaturated/α-hetero) is 1. The highest BCUT2D eigenvalue weighted by Gasteiger charge is 2.43. The molecule has 0 bridgehead atoms. The molecule has 19 heavy (non-hydrogen) atoms. The number of hydrogen-bond donors (Lipinski definition) is 1. The summed E-state index contributed by atoms with van der Waals surface area (Å²) < 4.78 is 0. The lowest BCUT2D eigenvalue weighted by molar-refractivity contribution is -0.126. The molecule has 1 heterocycles. The third kappa shape index (κ3) is 2.21. The van der Waals surface area contributed by atoms with Crippen molar-refractivity contribution >= 4 is 35.0 Å². The fourth-order valence-electron chi connectivity index (χ4n) is 2.17. The molecule has 0 fully saturated rings. The monoisotopic (exact) mass is 280 g/mol. The summed E-state index contributed by atoms with van der Waals surface area (Å²) in [6.45, 7) is 3.48. The number of hydrogen-bond acceptors (Lipinski definition) is 3. The first kappa shape index (κ1) is 13.5. The largest absolute Gasteiger partial charge is 0.338 e. The molecule has 1 atom stereocenters. The molecule has 1 aromatic rings. The first-order valence-electron chi connectivity index (χ1n) is 5.89. The van der Waals surface area contributed by atoms with Crippen LogP contribution in [0, 0.1) is 0 Å². The van der Waals surface area contributed by atoms with Crippen molar-refractivity contribution in [2.75, 3.05) is 11.4 Å². The summed E-state index contributed by atoms with van der Waals surface area (Å²) in [5.41, 5.74) is 0.900. The molecule has 1 aromatic carbocycles. The van der Waals surface area contributed by atoms with Gasteiger partial charge in [-0.25, -0.2) is 9.69 Å². The van der Waals surface area contributed by atoms with Crippen LogP contribution >= 0.6 is 11.6 Å². The minimum Gasteiger partial charge on any atom is -0.338 e. The van der Waals surface area contributed by atoms with E-state index in [1.807, 2.05) is 0 Å². The molecule has 0 aliphatic carbocycles. The van der Waals surface area contributed by atoms with Crippen LogP contribution in [-0.2, 0) is 9.59 Å². The Morgan fingerprint density at radius 3 is 2.68 bits per heavy atom. The van der Waals surface area contributed by atoms with Gasteiger partial charge in [-0.1, -0.05) is 11.6 Å². The highest BCUT2D eigenvalue weighted by molar-refractivity contribution is 6.32. The maximum absolute atomic E-state index is 12.2. The molecule has 0 spiro atoms. The first-order chi connectivity index (χ1) is 8.97. The predicted octanol–water partition coefficient (Wildman–Crippen LogP) is 2.09. The molecule has 0 aromatic heterocycles. The van der Waals surface area contributed by atoms with Crippen molar-refractivity contribution in [3.63, 3.8) is 0 Å². The van der Waals surface area contributed by atoms with E-state index in [0.29, 0.717) is 22.8 Å². The average molecular weight is 281 g/mol. The summed E-state index contributed by atoms with van der Waals surface area (Å²) in [5, 5.41) is 2.98. The minimum atomic E-state index is -0.948. The molecule has 1 aliphatic heterocycles. The van der Waals surface area contributed by atoms with Crippen LogP contribution in [0.5, 0.6) is 0 Å². The Morgan fingerprint density at radius 1 is 1.42 bits per heavy atom. The van der Waals surface area contributed by atoms with E-state index < -0.39 is 17.9 Å². The minimum absolute atomic E-state index is 0.305. The number of ketones is 1. The Labute approximate surface area is 115 Å². The van der Waals surface area contributed by atoms with Crippen LogP contribution in [0.2, 0.25) is 5.02 Å². The molecule has 0 saturated heterocycles. The maximum Gasteiger partial charge on any atom is 0.328 e. The van der Waals surface area contributed by atoms with Crippen LogP contribution in [0.3, 0.4) is 0 Å². The third-order valence-corrected chi connectivity index (χ3v) is 3.18. The van der Waals surface area contributed by atoms with Crippen LogP contribution in [0.4, 0.5) is 10.5 Å². The summed E-state index contributed by atoms with van der Waals surface area (Å²) in [6.07, 6.45) is 0. The van der Waals surface area contributed by atoms with Gasteiger partial charge in [0, 0.05) is 11.6 Å². The van der Waals surface area contributed by atoms with Crippen molar-refractivity contribution in [2.24, 2.45) is 0 Å². The number of halogens is 1. The third-order valence-electron chi connectivity index (χ3n) is 2.95. The van der Waals surface area contributed by atoms with Crippen LogP contribution in [0.15, 0.2) is 18.2 Å². The summed E-state index contributed by atoms with van der Waals surface area (Å²) in [6, 6.07) is 4.19. The van der Waals surface area contributed by atoms with Crippen LogP contribution in [-0.4, -0.2) is 24.3 Å². The van der Waals surface area contributed by atoms with E-state index >= 15 is 0 Å². The summed E-state index contributed by atoms with van der Waals surface area (Å²) >= 11 is 5.89. The summed E-state index contributed by atoms with van der Waals surface area (Å²) in [4.78, 5) is 36.8. The second kappa shape index (κ2) is 5.01. The lowest BCUT2D eigenvalue weighted by Crippen LogP contribution is -2.43. The molecule has 0 saturated carbocycles. The molecule has 1 N–H and O–H groups in total. The van der Waals surface area contributed by atoms with Crippen LogP contribution in [0.1, 0.15) is 25.3 Å². The highest BCUT2D eigenvalue weighted by atomic mass is 35.5. The fourth-order valence-corrected chi connectivity index (χ4v) is 2.35. The second-order valence-electron chi connectivity index (χ2n) is 4.26. The zero-order chi connectivity index (χ0) is 14.2. The molecule has 2 rings (SSSR count). The number of fused-ring (bicyclic) bond motifs is 1. The number of imide groups is 1. The number of carbonyl (C=O) groups excluding carboxylic acids is 3. The molecule has 3 amide bonds. The number of rotatable bonds is 2. The Kier molecular flexibility index (Phi) is 3.57. The Balaban J connectivity index is 2.53. The van der Waals surface area contributed by atoms with Crippen LogP contribution < -0.4 is 10.2 Å². The normalized spacial score (nSPS) is 17.3. The Bertz CT molecular complexity index is 571. The maximum atomic E-state index is 12.2. The zero-order valence-corrected chi connectivity index (χ0v) is 11.3. The number of carbonyl (C=O) groups is 3. The molecule has 0 radical (unpaired) electrons. The fraction of sp³-hybridized carbons (Fsp3) is 0.308. The van der Waals surface area contributed by atoms with Gasteiger partial charge in [0.05, 0.1) is 5.69 Å². The standard InChI is InChI=1S/C13H13ClN2O3/c1-3-15-13(19)16-10-5-4-8(14)6-9(10)11(7(2)17)12(16)18/h4-6,11H,3H2,1-2H3,(H,15,19). The van der Waals surface area contributed by atoms with Gasteiger partial charge >= 0.3 is 6.03 Å². The molecule has 100 valence electrons. The van der Waals surface area contributed by atoms with E-state index in [1.54, 1.807) is 25.1 Å². The van der Waals surface area contributed by atoms with Gasteiger partial charge in [0.25, 0.3) is 0 Å². The smallest absolute Gasteiger partial charge is 0.328 e. The number of nitrogens with one attached hydrogen (secondary N) is 1. The van der Waals surface area contributed by atoms with Gasteiger partial charge in [-0.15, -0.1) is 0 Å². The molecular weight excluding hydrogens is 268 g/mol. The lowest BCUT2D eigenvalue weighted by Gasteiger charge is -2.15. The van der Waals surface area contributed by atoms with E-state index in [0.717, 1.165) is 4.90 Å². The molecular formula is C13H13ClN2O3. The van der Waals surface area contributed by atoms with Gasteiger partial charge in [-0.2, -0.15) is 0 Å². The Hall–Kier alpha value is -1.88. The van der Waals surface area contributed by atoms with Gasteiger partial charge in [0.1, 0.15) is 11.7 Å². The van der Waals surface area contributed by atoms with E-state index in [2.05, 4.69) is 5.32 Å². The van der Waals surface area contributed by atoms with Crippen molar-refractivity contribution in [1.82, 2.24) is 5.32 Å². The topological polar surface area (TPSA) is 66.5 Å². The SMILES string of the molecule is CCNC(=O)N1C(=O)C(C(C)=O)c2cc(Cl)ccc21. The molecule has 1 unspecified atom stereocenters. The number of amides is 3. The van der Waals surface area contributed by atoms with Gasteiger partial charge < -0.3 is 5.32 Å². The first-order valence-corrected chi connectivity index (χ1v) is 6.26. The van der Waals surface area contributed by atoms with E-state index in [1.165, 1.54) is 6.92 Å². The van der Waals surface area contributed by atoms with E-state index in [9.17, 15) is 14.4 Å². The highest BCUT2D eigenvalue weighted by Crippen LogP contribution is 2.39. The summed E-state index contributed by atoms with van der Waals surface area (Å²) in [5.74, 6) is -1.78. The van der Waals surface area contributed by atoms with Crippen LogP contribution in [0.25, 0.3) is 0 Å². The number of urea groups is 1. The lowest BCUT2D eigenvalue weighted by atomic mass is 9.97. The van der Waals surface area contributed by atoms with Gasteiger partial charge in [0.15, 0.2) is 0 Å². The number of anilines is 1. The van der Waals surface area contributed by atoms with Crippen molar-refractivity contribution in [1.29, 1.82) is 0 Å². The Morgan fingerprint density at radius 2 is 2.11 bits per heavy atom. The van der Waals surface area contributed by atoms with Crippen molar-refractivity contribution in [3.8, 4) is 0 Å².